The van der Waals surface area contributed by atoms with E-state index in [4.69, 9.17) is 4.42 Å². The maximum Gasteiger partial charge on any atom is 0.673 e. The molecule has 2 rings (SSSR count). The molecule has 0 aliphatic heterocycles. The van der Waals surface area contributed by atoms with Crippen LogP contribution in [0, 0.1) is 6.92 Å². The number of rotatable bonds is 3. The summed E-state index contributed by atoms with van der Waals surface area (Å²) in [5.74, 6) is 2.00. The van der Waals surface area contributed by atoms with E-state index in [1.54, 1.807) is 0 Å². The maximum absolute atomic E-state index is 9.75. The fourth-order valence-corrected chi connectivity index (χ4v) is 1.74. The lowest BCUT2D eigenvalue weighted by molar-refractivity contribution is -0.703. The third kappa shape index (κ3) is 6.40. The summed E-state index contributed by atoms with van der Waals surface area (Å²) in [5.41, 5.74) is 1.29. The van der Waals surface area contributed by atoms with Crippen LogP contribution in [0.1, 0.15) is 24.1 Å². The number of nitrogens with zero attached hydrogens (tertiary/aromatic N) is 1. The summed E-state index contributed by atoms with van der Waals surface area (Å²) in [7, 11) is -6.00. The first-order chi connectivity index (χ1) is 9.29. The molecule has 1 heterocycles. The molecule has 0 N–H and O–H groups in total. The zero-order valence-electron chi connectivity index (χ0n) is 11.3. The summed E-state index contributed by atoms with van der Waals surface area (Å²) >= 11 is 0. The van der Waals surface area contributed by atoms with E-state index >= 15 is 0 Å². The van der Waals surface area contributed by atoms with E-state index < -0.39 is 7.25 Å². The van der Waals surface area contributed by atoms with Crippen LogP contribution >= 0.6 is 0 Å². The highest BCUT2D eigenvalue weighted by molar-refractivity contribution is 6.50. The zero-order chi connectivity index (χ0) is 15.2. The number of hydrogen-bond donors (Lipinski definition) is 0. The van der Waals surface area contributed by atoms with Gasteiger partial charge in [0.05, 0.1) is 6.42 Å². The first-order valence-electron chi connectivity index (χ1n) is 6.19. The molecule has 0 saturated heterocycles. The molecule has 0 atom stereocenters. The van der Waals surface area contributed by atoms with E-state index in [0.717, 1.165) is 24.6 Å². The molecule has 0 aliphatic carbocycles. The Morgan fingerprint density at radius 1 is 1.10 bits per heavy atom. The molecule has 0 aliphatic rings. The van der Waals surface area contributed by atoms with Gasteiger partial charge in [0.15, 0.2) is 5.76 Å². The number of aryl methyl sites for hydroxylation is 2. The number of benzene rings is 1. The summed E-state index contributed by atoms with van der Waals surface area (Å²) in [6, 6.07) is 10.4. The van der Waals surface area contributed by atoms with Crippen molar-refractivity contribution >= 4 is 7.25 Å². The van der Waals surface area contributed by atoms with Gasteiger partial charge in [-0.15, -0.1) is 0 Å². The topological polar surface area (TPSA) is 17.0 Å². The third-order valence-electron chi connectivity index (χ3n) is 2.48. The second-order valence-electron chi connectivity index (χ2n) is 4.18. The van der Waals surface area contributed by atoms with Crippen LogP contribution < -0.4 is 4.57 Å². The van der Waals surface area contributed by atoms with Crippen molar-refractivity contribution in [1.82, 2.24) is 0 Å². The van der Waals surface area contributed by atoms with Crippen LogP contribution in [0.2, 0.25) is 0 Å². The van der Waals surface area contributed by atoms with E-state index in [1.807, 2.05) is 13.0 Å². The highest BCUT2D eigenvalue weighted by Gasteiger charge is 2.20. The quantitative estimate of drug-likeness (QED) is 0.477. The molecule has 0 amide bonds. The molecule has 110 valence electrons. The molecule has 20 heavy (non-hydrogen) atoms. The van der Waals surface area contributed by atoms with E-state index in [-0.39, 0.29) is 0 Å². The molecular weight excluding hydrogens is 273 g/mol. The predicted octanol–water partition coefficient (Wildman–Crippen LogP) is 3.79. The minimum absolute atomic E-state index is 0.864. The molecule has 0 unspecified atom stereocenters. The lowest BCUT2D eigenvalue weighted by Crippen LogP contribution is -2.34. The number of halogens is 4. The zero-order valence-corrected chi connectivity index (χ0v) is 11.3. The van der Waals surface area contributed by atoms with Crippen LogP contribution in [0.3, 0.4) is 0 Å². The Labute approximate surface area is 115 Å². The van der Waals surface area contributed by atoms with Crippen molar-refractivity contribution in [2.24, 2.45) is 0 Å². The van der Waals surface area contributed by atoms with Gasteiger partial charge in [-0.05, 0) is 12.5 Å². The van der Waals surface area contributed by atoms with Gasteiger partial charge in [-0.3, -0.25) is 0 Å². The lowest BCUT2D eigenvalue weighted by Gasteiger charge is -1.95. The van der Waals surface area contributed by atoms with Gasteiger partial charge in [0, 0.05) is 6.92 Å². The molecule has 0 bridgehead atoms. The summed E-state index contributed by atoms with van der Waals surface area (Å²) in [4.78, 5) is 0. The largest absolute Gasteiger partial charge is 0.673 e. The summed E-state index contributed by atoms with van der Waals surface area (Å²) in [6.45, 7) is 5.07. The standard InChI is InChI=1S/C13H16NO.BF4/c1-3-14-10-11(2)15-13(14)9-12-7-5-4-6-8-12;2-1(3,4)5/h4-8,10H,3,9H2,1-2H3;/q+1;-1. The Hall–Kier alpha value is -1.79. The van der Waals surface area contributed by atoms with E-state index in [0.29, 0.717) is 0 Å². The fourth-order valence-electron chi connectivity index (χ4n) is 1.74. The first-order valence-corrected chi connectivity index (χ1v) is 6.19. The van der Waals surface area contributed by atoms with Gasteiger partial charge in [0.2, 0.25) is 6.20 Å². The molecular formula is C13H16BF4NO. The smallest absolute Gasteiger partial charge is 0.418 e. The SMILES string of the molecule is CC[n+]1cc(C)oc1Cc1ccccc1.F[B-](F)(F)F. The highest BCUT2D eigenvalue weighted by atomic mass is 19.5. The van der Waals surface area contributed by atoms with Crippen molar-refractivity contribution in [2.45, 2.75) is 26.8 Å². The summed E-state index contributed by atoms with van der Waals surface area (Å²) in [6.07, 6.45) is 2.92. The Bertz CT molecular complexity index is 519. The summed E-state index contributed by atoms with van der Waals surface area (Å²) in [5, 5.41) is 0. The molecule has 1 aromatic carbocycles. The van der Waals surface area contributed by atoms with Gasteiger partial charge >= 0.3 is 13.1 Å². The van der Waals surface area contributed by atoms with E-state index in [9.17, 15) is 17.3 Å². The minimum atomic E-state index is -6.00. The average Bonchev–Trinajstić information content (AvgIpc) is 2.68. The third-order valence-corrected chi connectivity index (χ3v) is 2.48. The molecule has 2 nitrogen and oxygen atoms in total. The molecule has 7 heteroatoms. The van der Waals surface area contributed by atoms with Crippen molar-refractivity contribution in [3.05, 3.63) is 53.7 Å². The normalized spacial score (nSPS) is 10.9. The fraction of sp³-hybridized carbons (Fsp3) is 0.308. The Morgan fingerprint density at radius 3 is 2.15 bits per heavy atom. The van der Waals surface area contributed by atoms with Gasteiger partial charge in [-0.1, -0.05) is 30.3 Å². The van der Waals surface area contributed by atoms with Crippen molar-refractivity contribution in [3.63, 3.8) is 0 Å². The van der Waals surface area contributed by atoms with Gasteiger partial charge < -0.3 is 21.7 Å². The van der Waals surface area contributed by atoms with Gasteiger partial charge in [-0.25, -0.2) is 0 Å². The predicted molar refractivity (Wildman–Crippen MR) is 68.7 cm³/mol. The van der Waals surface area contributed by atoms with Crippen molar-refractivity contribution in [2.75, 3.05) is 0 Å². The molecule has 0 spiro atoms. The molecule has 0 saturated carbocycles. The molecule has 0 radical (unpaired) electrons. The molecule has 0 fully saturated rings. The van der Waals surface area contributed by atoms with Crippen LogP contribution in [-0.4, -0.2) is 7.25 Å². The van der Waals surface area contributed by atoms with Crippen LogP contribution in [0.25, 0.3) is 0 Å². The first kappa shape index (κ1) is 16.3. The van der Waals surface area contributed by atoms with Crippen molar-refractivity contribution in [1.29, 1.82) is 0 Å². The number of hydrogen-bond acceptors (Lipinski definition) is 1. The maximum atomic E-state index is 9.75. The second kappa shape index (κ2) is 7.12. The van der Waals surface area contributed by atoms with Crippen molar-refractivity contribution < 1.29 is 26.2 Å². The Balaban J connectivity index is 0.000000347. The Morgan fingerprint density at radius 2 is 1.65 bits per heavy atom. The Kier molecular flexibility index (Phi) is 5.79. The van der Waals surface area contributed by atoms with Gasteiger partial charge in [0.25, 0.3) is 0 Å². The second-order valence-corrected chi connectivity index (χ2v) is 4.18. The van der Waals surface area contributed by atoms with Crippen LogP contribution in [0.5, 0.6) is 0 Å². The van der Waals surface area contributed by atoms with Crippen LogP contribution in [-0.2, 0) is 13.0 Å². The number of oxazole rings is 1. The monoisotopic (exact) mass is 289 g/mol. The lowest BCUT2D eigenvalue weighted by atomic mass is 10.1. The van der Waals surface area contributed by atoms with E-state index in [2.05, 4.69) is 42.0 Å². The van der Waals surface area contributed by atoms with Crippen LogP contribution in [0.4, 0.5) is 17.3 Å². The highest BCUT2D eigenvalue weighted by Crippen LogP contribution is 2.08. The van der Waals surface area contributed by atoms with Gasteiger partial charge in [0.1, 0.15) is 6.54 Å². The average molecular weight is 289 g/mol. The summed E-state index contributed by atoms with van der Waals surface area (Å²) < 4.78 is 46.8. The van der Waals surface area contributed by atoms with E-state index in [1.165, 1.54) is 5.56 Å². The van der Waals surface area contributed by atoms with Gasteiger partial charge in [-0.2, -0.15) is 4.57 Å². The van der Waals surface area contributed by atoms with Crippen LogP contribution in [0.15, 0.2) is 40.9 Å². The molecule has 1 aromatic heterocycles. The number of aromatic nitrogens is 1. The molecule has 2 aromatic rings. The van der Waals surface area contributed by atoms with Crippen molar-refractivity contribution in [3.8, 4) is 0 Å². The minimum Gasteiger partial charge on any atom is -0.418 e.